The summed E-state index contributed by atoms with van der Waals surface area (Å²) < 4.78 is 32.6. The predicted molar refractivity (Wildman–Crippen MR) is 125 cm³/mol. The van der Waals surface area contributed by atoms with Gasteiger partial charge in [-0.2, -0.15) is 0 Å². The van der Waals surface area contributed by atoms with E-state index in [9.17, 15) is 13.2 Å². The van der Waals surface area contributed by atoms with Crippen LogP contribution in [0.3, 0.4) is 0 Å². The molecule has 3 aromatic heterocycles. The highest BCUT2D eigenvalue weighted by molar-refractivity contribution is 7.89. The summed E-state index contributed by atoms with van der Waals surface area (Å²) in [7, 11) is -3.71. The molecule has 0 bridgehead atoms. The number of aromatic nitrogens is 2. The maximum Gasteiger partial charge on any atom is 0.253 e. The summed E-state index contributed by atoms with van der Waals surface area (Å²) in [6.45, 7) is 2.54. The van der Waals surface area contributed by atoms with Gasteiger partial charge in [-0.05, 0) is 48.5 Å². The first-order valence-electron chi connectivity index (χ1n) is 10.4. The lowest BCUT2D eigenvalue weighted by Crippen LogP contribution is -2.48. The number of hydrogen-bond acceptors (Lipinski definition) is 8. The minimum absolute atomic E-state index is 0.0605. The number of piperazine rings is 1. The quantitative estimate of drug-likeness (QED) is 0.449. The lowest BCUT2D eigenvalue weighted by molar-refractivity contribution is 0.0746. The molecule has 0 aliphatic carbocycles. The molecular weight excluding hydrogens is 462 g/mol. The number of carbonyl (C=O) groups excluding carboxylic acids is 1. The Morgan fingerprint density at radius 1 is 1.06 bits per heavy atom. The van der Waals surface area contributed by atoms with E-state index in [1.807, 2.05) is 12.1 Å². The lowest BCUT2D eigenvalue weighted by Gasteiger charge is -2.34. The number of pyridine rings is 1. The molecule has 0 radical (unpaired) electrons. The van der Waals surface area contributed by atoms with Crippen molar-refractivity contribution in [2.24, 2.45) is 0 Å². The van der Waals surface area contributed by atoms with Gasteiger partial charge in [-0.1, -0.05) is 11.3 Å². The van der Waals surface area contributed by atoms with Crippen LogP contribution in [0, 0.1) is 0 Å². The Morgan fingerprint density at radius 3 is 2.55 bits per heavy atom. The SMILES string of the molecule is O=C(c1ccc(S(=O)(=O)NCc2ccco2)cc1)N1CCN(c2nc3cccnc3s2)CC1. The van der Waals surface area contributed by atoms with Crippen molar-refractivity contribution in [1.29, 1.82) is 0 Å². The molecule has 1 N–H and O–H groups in total. The molecule has 4 heterocycles. The fourth-order valence-corrected chi connectivity index (χ4v) is 5.57. The molecule has 33 heavy (non-hydrogen) atoms. The molecule has 0 unspecified atom stereocenters. The van der Waals surface area contributed by atoms with E-state index in [1.165, 1.54) is 18.4 Å². The first-order chi connectivity index (χ1) is 16.0. The van der Waals surface area contributed by atoms with Crippen LogP contribution in [-0.4, -0.2) is 55.4 Å². The van der Waals surface area contributed by atoms with Crippen LogP contribution < -0.4 is 9.62 Å². The molecule has 1 saturated heterocycles. The van der Waals surface area contributed by atoms with E-state index in [1.54, 1.807) is 46.7 Å². The standard InChI is InChI=1S/C22H21N5O4S2/c28-21(16-5-7-18(8-6-16)33(29,30)24-15-17-3-2-14-31-17)26-10-12-27(13-11-26)22-25-19-4-1-9-23-20(19)32-22/h1-9,14,24H,10-13,15H2. The van der Waals surface area contributed by atoms with Gasteiger partial charge in [-0.15, -0.1) is 0 Å². The maximum atomic E-state index is 12.9. The molecule has 1 amide bonds. The van der Waals surface area contributed by atoms with Gasteiger partial charge in [0.05, 0.1) is 17.7 Å². The average Bonchev–Trinajstić information content (AvgIpc) is 3.52. The van der Waals surface area contributed by atoms with E-state index in [2.05, 4.69) is 19.6 Å². The van der Waals surface area contributed by atoms with Crippen LogP contribution in [0.25, 0.3) is 10.3 Å². The molecule has 0 saturated carbocycles. The number of nitrogens with one attached hydrogen (secondary N) is 1. The van der Waals surface area contributed by atoms with E-state index in [-0.39, 0.29) is 17.3 Å². The van der Waals surface area contributed by atoms with Crippen LogP contribution in [0.2, 0.25) is 0 Å². The molecule has 5 rings (SSSR count). The summed E-state index contributed by atoms with van der Waals surface area (Å²) in [4.78, 5) is 26.9. The number of benzene rings is 1. The fourth-order valence-electron chi connectivity index (χ4n) is 3.62. The summed E-state index contributed by atoms with van der Waals surface area (Å²) in [6.07, 6.45) is 3.24. The van der Waals surface area contributed by atoms with Crippen molar-refractivity contribution in [2.75, 3.05) is 31.1 Å². The zero-order valence-corrected chi connectivity index (χ0v) is 19.2. The Kier molecular flexibility index (Phi) is 5.83. The van der Waals surface area contributed by atoms with Gasteiger partial charge in [0.1, 0.15) is 16.1 Å². The Labute approximate surface area is 194 Å². The van der Waals surface area contributed by atoms with Gasteiger partial charge in [0.15, 0.2) is 5.13 Å². The Morgan fingerprint density at radius 2 is 1.85 bits per heavy atom. The Hall–Kier alpha value is -3.28. The van der Waals surface area contributed by atoms with Gasteiger partial charge < -0.3 is 14.2 Å². The summed E-state index contributed by atoms with van der Waals surface area (Å²) in [5.74, 6) is 0.403. The number of amides is 1. The number of sulfonamides is 1. The second-order valence-electron chi connectivity index (χ2n) is 7.53. The zero-order valence-electron chi connectivity index (χ0n) is 17.5. The lowest BCUT2D eigenvalue weighted by atomic mass is 10.2. The molecule has 9 nitrogen and oxygen atoms in total. The second kappa shape index (κ2) is 8.93. The van der Waals surface area contributed by atoms with Crippen LogP contribution in [-0.2, 0) is 16.6 Å². The second-order valence-corrected chi connectivity index (χ2v) is 10.3. The molecule has 170 valence electrons. The Bertz CT molecular complexity index is 1330. The minimum atomic E-state index is -3.71. The van der Waals surface area contributed by atoms with Gasteiger partial charge in [-0.25, -0.2) is 23.1 Å². The molecule has 1 aromatic carbocycles. The van der Waals surface area contributed by atoms with E-state index in [0.29, 0.717) is 37.5 Å². The number of anilines is 1. The third kappa shape index (κ3) is 4.61. The van der Waals surface area contributed by atoms with Crippen LogP contribution >= 0.6 is 11.3 Å². The average molecular weight is 484 g/mol. The van der Waals surface area contributed by atoms with E-state index in [0.717, 1.165) is 15.5 Å². The van der Waals surface area contributed by atoms with E-state index < -0.39 is 10.0 Å². The normalized spacial score (nSPS) is 14.7. The van der Waals surface area contributed by atoms with Gasteiger partial charge in [0.25, 0.3) is 5.91 Å². The molecule has 0 spiro atoms. The highest BCUT2D eigenvalue weighted by Crippen LogP contribution is 2.27. The van der Waals surface area contributed by atoms with Gasteiger partial charge in [0, 0.05) is 37.9 Å². The van der Waals surface area contributed by atoms with Crippen molar-refractivity contribution in [3.05, 3.63) is 72.3 Å². The molecule has 4 aromatic rings. The summed E-state index contributed by atoms with van der Waals surface area (Å²) in [5, 5.41) is 0.910. The third-order valence-electron chi connectivity index (χ3n) is 5.42. The minimum Gasteiger partial charge on any atom is -0.468 e. The topological polar surface area (TPSA) is 109 Å². The number of hydrogen-bond donors (Lipinski definition) is 1. The third-order valence-corrected chi connectivity index (χ3v) is 7.88. The van der Waals surface area contributed by atoms with Crippen molar-refractivity contribution >= 4 is 42.7 Å². The van der Waals surface area contributed by atoms with Crippen LogP contribution in [0.4, 0.5) is 5.13 Å². The van der Waals surface area contributed by atoms with Crippen molar-refractivity contribution in [3.63, 3.8) is 0 Å². The molecular formula is C22H21N5O4S2. The zero-order chi connectivity index (χ0) is 22.8. The van der Waals surface area contributed by atoms with Crippen molar-refractivity contribution in [2.45, 2.75) is 11.4 Å². The number of carbonyl (C=O) groups is 1. The first-order valence-corrected chi connectivity index (χ1v) is 12.7. The number of fused-ring (bicyclic) bond motifs is 1. The van der Waals surface area contributed by atoms with Crippen LogP contribution in [0.5, 0.6) is 0 Å². The largest absolute Gasteiger partial charge is 0.468 e. The molecule has 1 aliphatic rings. The maximum absolute atomic E-state index is 12.9. The van der Waals surface area contributed by atoms with Crippen LogP contribution in [0.15, 0.2) is 70.3 Å². The molecule has 1 aliphatic heterocycles. The van der Waals surface area contributed by atoms with Crippen LogP contribution in [0.1, 0.15) is 16.1 Å². The molecule has 0 atom stereocenters. The number of nitrogens with zero attached hydrogens (tertiary/aromatic N) is 4. The monoisotopic (exact) mass is 483 g/mol. The van der Waals surface area contributed by atoms with Crippen molar-refractivity contribution < 1.29 is 17.6 Å². The van der Waals surface area contributed by atoms with E-state index in [4.69, 9.17) is 4.42 Å². The summed E-state index contributed by atoms with van der Waals surface area (Å²) in [5.41, 5.74) is 1.34. The number of furan rings is 1. The van der Waals surface area contributed by atoms with E-state index >= 15 is 0 Å². The predicted octanol–water partition coefficient (Wildman–Crippen LogP) is 2.73. The van der Waals surface area contributed by atoms with Gasteiger partial charge in [0.2, 0.25) is 10.0 Å². The van der Waals surface area contributed by atoms with Crippen molar-refractivity contribution in [1.82, 2.24) is 19.6 Å². The fraction of sp³-hybridized carbons (Fsp3) is 0.227. The highest BCUT2D eigenvalue weighted by Gasteiger charge is 2.24. The summed E-state index contributed by atoms with van der Waals surface area (Å²) in [6, 6.07) is 13.2. The number of rotatable bonds is 6. The first kappa shape index (κ1) is 21.6. The molecule has 11 heteroatoms. The smallest absolute Gasteiger partial charge is 0.253 e. The highest BCUT2D eigenvalue weighted by atomic mass is 32.2. The van der Waals surface area contributed by atoms with Crippen molar-refractivity contribution in [3.8, 4) is 0 Å². The number of thiazole rings is 1. The van der Waals surface area contributed by atoms with Gasteiger partial charge >= 0.3 is 0 Å². The summed E-state index contributed by atoms with van der Waals surface area (Å²) >= 11 is 1.55. The van der Waals surface area contributed by atoms with Gasteiger partial charge in [-0.3, -0.25) is 4.79 Å². The Balaban J connectivity index is 1.20. The molecule has 1 fully saturated rings.